The van der Waals surface area contributed by atoms with Gasteiger partial charge >= 0.3 is 5.97 Å². The first-order chi connectivity index (χ1) is 8.90. The van der Waals surface area contributed by atoms with Gasteiger partial charge in [-0.25, -0.2) is 4.79 Å². The average Bonchev–Trinajstić information content (AvgIpc) is 2.37. The fourth-order valence-electron chi connectivity index (χ4n) is 1.49. The molecule has 0 aliphatic heterocycles. The van der Waals surface area contributed by atoms with Gasteiger partial charge < -0.3 is 15.2 Å². The minimum absolute atomic E-state index is 0.0314. The number of halogens is 1. The van der Waals surface area contributed by atoms with Gasteiger partial charge in [-0.05, 0) is 28.9 Å². The van der Waals surface area contributed by atoms with Crippen LogP contribution in [0.4, 0.5) is 11.4 Å². The number of benzene rings is 1. The van der Waals surface area contributed by atoms with Crippen LogP contribution in [0.1, 0.15) is 5.56 Å². The van der Waals surface area contributed by atoms with Crippen LogP contribution in [0.25, 0.3) is 0 Å². The highest BCUT2D eigenvalue weighted by Gasteiger charge is 2.21. The van der Waals surface area contributed by atoms with E-state index in [1.165, 1.54) is 19.2 Å². The zero-order valence-electron chi connectivity index (χ0n) is 10.3. The second-order valence-corrected chi connectivity index (χ2v) is 4.63. The standard InChI is InChI=1S/C11H13BrN2O5/c1-6-3-8(7(12)4-10(6)14(17)18)13-9(5-15)11(16)19-2/h3-4,9,13,15H,5H2,1-2H3. The lowest BCUT2D eigenvalue weighted by atomic mass is 10.1. The Labute approximate surface area is 117 Å². The van der Waals surface area contributed by atoms with Crippen molar-refractivity contribution in [3.8, 4) is 0 Å². The number of hydrogen-bond acceptors (Lipinski definition) is 6. The van der Waals surface area contributed by atoms with E-state index in [1.807, 2.05) is 0 Å². The molecule has 1 atom stereocenters. The zero-order valence-corrected chi connectivity index (χ0v) is 11.9. The van der Waals surface area contributed by atoms with Crippen molar-refractivity contribution >= 4 is 33.3 Å². The highest BCUT2D eigenvalue weighted by atomic mass is 79.9. The molecule has 104 valence electrons. The lowest BCUT2D eigenvalue weighted by molar-refractivity contribution is -0.385. The van der Waals surface area contributed by atoms with Gasteiger partial charge in [-0.1, -0.05) is 0 Å². The Morgan fingerprint density at radius 3 is 2.74 bits per heavy atom. The Morgan fingerprint density at radius 2 is 2.26 bits per heavy atom. The molecule has 1 rings (SSSR count). The molecule has 0 aliphatic rings. The maximum absolute atomic E-state index is 11.4. The monoisotopic (exact) mass is 332 g/mol. The topological polar surface area (TPSA) is 102 Å². The number of rotatable bonds is 5. The predicted octanol–water partition coefficient (Wildman–Crippen LogP) is 1.61. The zero-order chi connectivity index (χ0) is 14.6. The van der Waals surface area contributed by atoms with Crippen LogP contribution in [0, 0.1) is 17.0 Å². The van der Waals surface area contributed by atoms with E-state index < -0.39 is 23.5 Å². The summed E-state index contributed by atoms with van der Waals surface area (Å²) in [6, 6.07) is 1.93. The van der Waals surface area contributed by atoms with Crippen LogP contribution in [-0.2, 0) is 9.53 Å². The number of ether oxygens (including phenoxy) is 1. The Kier molecular flexibility index (Phi) is 5.25. The van der Waals surface area contributed by atoms with Crippen molar-refractivity contribution in [3.05, 3.63) is 32.3 Å². The molecule has 0 saturated carbocycles. The molecule has 1 unspecified atom stereocenters. The van der Waals surface area contributed by atoms with Crippen LogP contribution < -0.4 is 5.32 Å². The van der Waals surface area contributed by atoms with Gasteiger partial charge in [0.15, 0.2) is 0 Å². The Bertz CT molecular complexity index is 506. The van der Waals surface area contributed by atoms with Crippen molar-refractivity contribution in [2.75, 3.05) is 19.0 Å². The molecule has 1 aromatic carbocycles. The summed E-state index contributed by atoms with van der Waals surface area (Å²) in [5.41, 5.74) is 0.876. The molecule has 0 saturated heterocycles. The van der Waals surface area contributed by atoms with Crippen LogP contribution >= 0.6 is 15.9 Å². The van der Waals surface area contributed by atoms with E-state index in [4.69, 9.17) is 5.11 Å². The van der Waals surface area contributed by atoms with E-state index in [0.29, 0.717) is 15.7 Å². The molecule has 0 fully saturated rings. The molecule has 8 heteroatoms. The van der Waals surface area contributed by atoms with Crippen LogP contribution in [0.2, 0.25) is 0 Å². The van der Waals surface area contributed by atoms with Gasteiger partial charge in [0.2, 0.25) is 0 Å². The maximum Gasteiger partial charge on any atom is 0.330 e. The smallest absolute Gasteiger partial charge is 0.330 e. The van der Waals surface area contributed by atoms with Crippen molar-refractivity contribution in [3.63, 3.8) is 0 Å². The number of carbonyl (C=O) groups excluding carboxylic acids is 1. The number of hydrogen-bond donors (Lipinski definition) is 2. The molecule has 7 nitrogen and oxygen atoms in total. The van der Waals surface area contributed by atoms with Gasteiger partial charge in [0.05, 0.1) is 18.6 Å². The third-order valence-electron chi connectivity index (χ3n) is 2.48. The largest absolute Gasteiger partial charge is 0.467 e. The van der Waals surface area contributed by atoms with Gasteiger partial charge in [-0.15, -0.1) is 0 Å². The van der Waals surface area contributed by atoms with E-state index in [-0.39, 0.29) is 5.69 Å². The summed E-state index contributed by atoms with van der Waals surface area (Å²) in [5.74, 6) is -0.620. The van der Waals surface area contributed by atoms with Crippen molar-refractivity contribution in [2.24, 2.45) is 0 Å². The number of anilines is 1. The highest BCUT2D eigenvalue weighted by Crippen LogP contribution is 2.31. The number of aliphatic hydroxyl groups is 1. The summed E-state index contributed by atoms with van der Waals surface area (Å²) in [6.07, 6.45) is 0. The van der Waals surface area contributed by atoms with Crippen molar-refractivity contribution in [1.29, 1.82) is 0 Å². The van der Waals surface area contributed by atoms with Gasteiger partial charge in [-0.3, -0.25) is 10.1 Å². The van der Waals surface area contributed by atoms with E-state index >= 15 is 0 Å². The third kappa shape index (κ3) is 3.65. The first-order valence-electron chi connectivity index (χ1n) is 5.30. The molecule has 0 amide bonds. The Hall–Kier alpha value is -1.67. The van der Waals surface area contributed by atoms with E-state index in [0.717, 1.165) is 0 Å². The third-order valence-corrected chi connectivity index (χ3v) is 3.14. The molecule has 0 spiro atoms. The number of esters is 1. The summed E-state index contributed by atoms with van der Waals surface area (Å²) in [7, 11) is 1.21. The first kappa shape index (κ1) is 15.4. The van der Waals surface area contributed by atoms with Gasteiger partial charge in [0.25, 0.3) is 5.69 Å². The highest BCUT2D eigenvalue weighted by molar-refractivity contribution is 9.10. The molecule has 0 bridgehead atoms. The second kappa shape index (κ2) is 6.48. The molecule has 0 aliphatic carbocycles. The lowest BCUT2D eigenvalue weighted by Gasteiger charge is -2.16. The van der Waals surface area contributed by atoms with E-state index in [9.17, 15) is 14.9 Å². The molecule has 0 aromatic heterocycles. The summed E-state index contributed by atoms with van der Waals surface area (Å²) < 4.78 is 4.95. The summed E-state index contributed by atoms with van der Waals surface area (Å²) in [6.45, 7) is 1.14. The van der Waals surface area contributed by atoms with Crippen LogP contribution in [-0.4, -0.2) is 35.8 Å². The van der Waals surface area contributed by atoms with Gasteiger partial charge in [-0.2, -0.15) is 0 Å². The van der Waals surface area contributed by atoms with E-state index in [1.54, 1.807) is 6.92 Å². The maximum atomic E-state index is 11.4. The number of carbonyl (C=O) groups is 1. The molecular weight excluding hydrogens is 320 g/mol. The fraction of sp³-hybridized carbons (Fsp3) is 0.364. The SMILES string of the molecule is COC(=O)C(CO)Nc1cc(C)c([N+](=O)[O-])cc1Br. The number of methoxy groups -OCH3 is 1. The summed E-state index contributed by atoms with van der Waals surface area (Å²) in [4.78, 5) is 21.6. The quantitative estimate of drug-likeness (QED) is 0.482. The van der Waals surface area contributed by atoms with Crippen molar-refractivity contribution < 1.29 is 19.6 Å². The van der Waals surface area contributed by atoms with Crippen LogP contribution in [0.15, 0.2) is 16.6 Å². The number of aliphatic hydroxyl groups excluding tert-OH is 1. The van der Waals surface area contributed by atoms with Crippen LogP contribution in [0.3, 0.4) is 0 Å². The summed E-state index contributed by atoms with van der Waals surface area (Å²) in [5, 5.41) is 22.6. The van der Waals surface area contributed by atoms with E-state index in [2.05, 4.69) is 26.0 Å². The molecular formula is C11H13BrN2O5. The van der Waals surface area contributed by atoms with Gasteiger partial charge in [0, 0.05) is 21.8 Å². The summed E-state index contributed by atoms with van der Waals surface area (Å²) >= 11 is 3.18. The average molecular weight is 333 g/mol. The first-order valence-corrected chi connectivity index (χ1v) is 6.09. The van der Waals surface area contributed by atoms with Crippen molar-refractivity contribution in [2.45, 2.75) is 13.0 Å². The number of aryl methyl sites for hydroxylation is 1. The number of nitro benzene ring substituents is 1. The number of nitro groups is 1. The van der Waals surface area contributed by atoms with Gasteiger partial charge in [0.1, 0.15) is 6.04 Å². The molecule has 0 heterocycles. The fourth-order valence-corrected chi connectivity index (χ4v) is 1.93. The Morgan fingerprint density at radius 1 is 1.63 bits per heavy atom. The van der Waals surface area contributed by atoms with Crippen molar-refractivity contribution in [1.82, 2.24) is 0 Å². The normalized spacial score (nSPS) is 11.8. The minimum Gasteiger partial charge on any atom is -0.467 e. The number of nitrogens with one attached hydrogen (secondary N) is 1. The molecule has 2 N–H and O–H groups in total. The predicted molar refractivity (Wildman–Crippen MR) is 72.0 cm³/mol. The molecule has 1 aromatic rings. The van der Waals surface area contributed by atoms with Crippen LogP contribution in [0.5, 0.6) is 0 Å². The Balaban J connectivity index is 3.05. The second-order valence-electron chi connectivity index (χ2n) is 3.78. The molecule has 0 radical (unpaired) electrons. The number of nitrogens with zero attached hydrogens (tertiary/aromatic N) is 1. The molecule has 19 heavy (non-hydrogen) atoms. The minimum atomic E-state index is -0.929. The lowest BCUT2D eigenvalue weighted by Crippen LogP contribution is -2.34.